The molecule has 1 heterocycles. The quantitative estimate of drug-likeness (QED) is 0.486. The molecular weight excluding hydrogens is 274 g/mol. The molecule has 7 nitrogen and oxygen atoms in total. The SMILES string of the molecule is N#Cc1cccc(OCCCC2COCCN2)c1[N+](=O)[O-]. The number of ether oxygens (including phenoxy) is 2. The molecule has 0 bridgehead atoms. The zero-order valence-electron chi connectivity index (χ0n) is 11.6. The molecule has 1 atom stereocenters. The molecule has 0 amide bonds. The molecule has 1 aliphatic rings. The monoisotopic (exact) mass is 291 g/mol. The van der Waals surface area contributed by atoms with Gasteiger partial charge in [-0.3, -0.25) is 10.1 Å². The normalized spacial score (nSPS) is 18.0. The number of hydrogen-bond donors (Lipinski definition) is 1. The second-order valence-corrected chi connectivity index (χ2v) is 4.74. The van der Waals surface area contributed by atoms with Crippen LogP contribution in [0.3, 0.4) is 0 Å². The van der Waals surface area contributed by atoms with Gasteiger partial charge in [0.15, 0.2) is 5.75 Å². The van der Waals surface area contributed by atoms with Crippen LogP contribution in [0.25, 0.3) is 0 Å². The Balaban J connectivity index is 1.88. The van der Waals surface area contributed by atoms with Crippen LogP contribution in [0.15, 0.2) is 18.2 Å². The molecule has 0 radical (unpaired) electrons. The summed E-state index contributed by atoms with van der Waals surface area (Å²) in [7, 11) is 0. The topological polar surface area (TPSA) is 97.4 Å². The first-order valence-corrected chi connectivity index (χ1v) is 6.84. The van der Waals surface area contributed by atoms with E-state index in [1.54, 1.807) is 6.07 Å². The molecule has 0 aromatic heterocycles. The molecule has 0 aliphatic carbocycles. The van der Waals surface area contributed by atoms with E-state index in [0.29, 0.717) is 19.3 Å². The van der Waals surface area contributed by atoms with E-state index in [9.17, 15) is 10.1 Å². The standard InChI is InChI=1S/C14H17N3O4/c15-9-11-3-1-5-13(14(11)17(18)19)21-7-2-4-12-10-20-8-6-16-12/h1,3,5,12,16H,2,4,6-8,10H2. The second kappa shape index (κ2) is 7.57. The molecule has 1 aromatic carbocycles. The molecule has 1 aliphatic heterocycles. The van der Waals surface area contributed by atoms with Crippen LogP contribution in [0.4, 0.5) is 5.69 Å². The summed E-state index contributed by atoms with van der Waals surface area (Å²) in [5.74, 6) is 0.145. The lowest BCUT2D eigenvalue weighted by molar-refractivity contribution is -0.386. The zero-order chi connectivity index (χ0) is 15.1. The van der Waals surface area contributed by atoms with E-state index in [2.05, 4.69) is 5.32 Å². The number of para-hydroxylation sites is 1. The van der Waals surface area contributed by atoms with Gasteiger partial charge in [0.25, 0.3) is 0 Å². The van der Waals surface area contributed by atoms with Crippen molar-refractivity contribution < 1.29 is 14.4 Å². The fourth-order valence-electron chi connectivity index (χ4n) is 2.23. The Kier molecular flexibility index (Phi) is 5.49. The van der Waals surface area contributed by atoms with Gasteiger partial charge in [-0.2, -0.15) is 5.26 Å². The van der Waals surface area contributed by atoms with Gasteiger partial charge in [-0.15, -0.1) is 0 Å². The number of nitro benzene ring substituents is 1. The predicted molar refractivity (Wildman–Crippen MR) is 75.2 cm³/mol. The van der Waals surface area contributed by atoms with Crippen LogP contribution in [0.2, 0.25) is 0 Å². The number of benzene rings is 1. The minimum Gasteiger partial charge on any atom is -0.487 e. The van der Waals surface area contributed by atoms with Gasteiger partial charge in [0, 0.05) is 12.6 Å². The minimum atomic E-state index is -0.579. The number of rotatable bonds is 6. The maximum Gasteiger partial charge on any atom is 0.328 e. The van der Waals surface area contributed by atoms with Gasteiger partial charge < -0.3 is 14.8 Å². The van der Waals surface area contributed by atoms with Gasteiger partial charge in [-0.1, -0.05) is 6.07 Å². The van der Waals surface area contributed by atoms with Crippen molar-refractivity contribution in [3.8, 4) is 11.8 Å². The summed E-state index contributed by atoms with van der Waals surface area (Å²) in [5, 5.41) is 23.3. The zero-order valence-corrected chi connectivity index (χ0v) is 11.6. The third kappa shape index (κ3) is 4.15. The number of morpholine rings is 1. The molecule has 0 spiro atoms. The van der Waals surface area contributed by atoms with Crippen molar-refractivity contribution in [2.75, 3.05) is 26.4 Å². The van der Waals surface area contributed by atoms with Crippen molar-refractivity contribution >= 4 is 5.69 Å². The summed E-state index contributed by atoms with van der Waals surface area (Å²) in [5.41, 5.74) is -0.251. The Labute approximate surface area is 122 Å². The largest absolute Gasteiger partial charge is 0.487 e. The maximum atomic E-state index is 11.0. The molecule has 1 N–H and O–H groups in total. The van der Waals surface area contributed by atoms with Crippen LogP contribution >= 0.6 is 0 Å². The van der Waals surface area contributed by atoms with Crippen LogP contribution < -0.4 is 10.1 Å². The Morgan fingerprint density at radius 2 is 2.43 bits per heavy atom. The fourth-order valence-corrected chi connectivity index (χ4v) is 2.23. The van der Waals surface area contributed by atoms with E-state index in [0.717, 1.165) is 26.0 Å². The summed E-state index contributed by atoms with van der Waals surface area (Å²) < 4.78 is 10.8. The highest BCUT2D eigenvalue weighted by molar-refractivity contribution is 5.57. The Hall–Kier alpha value is -2.17. The van der Waals surface area contributed by atoms with Crippen molar-refractivity contribution in [1.29, 1.82) is 5.26 Å². The first-order chi connectivity index (χ1) is 10.2. The van der Waals surface area contributed by atoms with Gasteiger partial charge >= 0.3 is 5.69 Å². The lowest BCUT2D eigenvalue weighted by Gasteiger charge is -2.23. The molecule has 1 aromatic rings. The average Bonchev–Trinajstić information content (AvgIpc) is 2.52. The molecule has 2 rings (SSSR count). The van der Waals surface area contributed by atoms with Crippen LogP contribution in [-0.2, 0) is 4.74 Å². The summed E-state index contributed by atoms with van der Waals surface area (Å²) in [4.78, 5) is 10.5. The van der Waals surface area contributed by atoms with E-state index in [1.807, 2.05) is 6.07 Å². The fraction of sp³-hybridized carbons (Fsp3) is 0.500. The third-order valence-electron chi connectivity index (χ3n) is 3.25. The van der Waals surface area contributed by atoms with Crippen LogP contribution in [0.5, 0.6) is 5.75 Å². The summed E-state index contributed by atoms with van der Waals surface area (Å²) in [6.07, 6.45) is 1.64. The summed E-state index contributed by atoms with van der Waals surface area (Å²) in [6.45, 7) is 2.64. The molecule has 7 heteroatoms. The van der Waals surface area contributed by atoms with Crippen LogP contribution in [0, 0.1) is 21.4 Å². The lowest BCUT2D eigenvalue weighted by atomic mass is 10.1. The molecule has 1 saturated heterocycles. The van der Waals surface area contributed by atoms with Crippen molar-refractivity contribution in [2.45, 2.75) is 18.9 Å². The van der Waals surface area contributed by atoms with Crippen LogP contribution in [0.1, 0.15) is 18.4 Å². The number of hydrogen-bond acceptors (Lipinski definition) is 6. The lowest BCUT2D eigenvalue weighted by Crippen LogP contribution is -2.41. The predicted octanol–water partition coefficient (Wildman–Crippen LogP) is 1.61. The maximum absolute atomic E-state index is 11.0. The van der Waals surface area contributed by atoms with Crippen molar-refractivity contribution in [3.63, 3.8) is 0 Å². The summed E-state index contributed by atoms with van der Waals surface area (Å²) >= 11 is 0. The number of nitro groups is 1. The number of nitriles is 1. The third-order valence-corrected chi connectivity index (χ3v) is 3.25. The van der Waals surface area contributed by atoms with E-state index in [-0.39, 0.29) is 17.0 Å². The highest BCUT2D eigenvalue weighted by Gasteiger charge is 2.21. The second-order valence-electron chi connectivity index (χ2n) is 4.74. The Bertz CT molecular complexity index is 536. The molecular formula is C14H17N3O4. The van der Waals surface area contributed by atoms with Crippen molar-refractivity contribution in [1.82, 2.24) is 5.32 Å². The van der Waals surface area contributed by atoms with Gasteiger partial charge in [-0.25, -0.2) is 0 Å². The van der Waals surface area contributed by atoms with E-state index in [4.69, 9.17) is 14.7 Å². The van der Waals surface area contributed by atoms with E-state index < -0.39 is 4.92 Å². The van der Waals surface area contributed by atoms with Crippen molar-refractivity contribution in [2.24, 2.45) is 0 Å². The highest BCUT2D eigenvalue weighted by atomic mass is 16.6. The molecule has 112 valence electrons. The van der Waals surface area contributed by atoms with Gasteiger partial charge in [-0.05, 0) is 25.0 Å². The Morgan fingerprint density at radius 1 is 1.57 bits per heavy atom. The molecule has 1 unspecified atom stereocenters. The first kappa shape index (κ1) is 15.2. The van der Waals surface area contributed by atoms with Gasteiger partial charge in [0.05, 0.1) is 24.7 Å². The number of nitrogens with zero attached hydrogens (tertiary/aromatic N) is 2. The van der Waals surface area contributed by atoms with Gasteiger partial charge in [0.1, 0.15) is 11.6 Å². The van der Waals surface area contributed by atoms with Crippen molar-refractivity contribution in [3.05, 3.63) is 33.9 Å². The van der Waals surface area contributed by atoms with Gasteiger partial charge in [0.2, 0.25) is 0 Å². The van der Waals surface area contributed by atoms with Crippen LogP contribution in [-0.4, -0.2) is 37.3 Å². The highest BCUT2D eigenvalue weighted by Crippen LogP contribution is 2.30. The average molecular weight is 291 g/mol. The minimum absolute atomic E-state index is 0.0137. The molecule has 0 saturated carbocycles. The van der Waals surface area contributed by atoms with E-state index in [1.165, 1.54) is 12.1 Å². The Morgan fingerprint density at radius 3 is 3.10 bits per heavy atom. The van der Waals surface area contributed by atoms with E-state index >= 15 is 0 Å². The smallest absolute Gasteiger partial charge is 0.328 e. The molecule has 1 fully saturated rings. The number of nitrogens with one attached hydrogen (secondary N) is 1. The summed E-state index contributed by atoms with van der Waals surface area (Å²) in [6, 6.07) is 6.63. The first-order valence-electron chi connectivity index (χ1n) is 6.84. The molecule has 21 heavy (non-hydrogen) atoms.